The molecule has 1 aromatic rings. The maximum Gasteiger partial charge on any atom is 0.323 e. The average Bonchev–Trinajstić information content (AvgIpc) is 2.20. The molecule has 0 unspecified atom stereocenters. The minimum atomic E-state index is -0.960. The van der Waals surface area contributed by atoms with Crippen LogP contribution in [0.1, 0.15) is 5.56 Å². The number of benzene rings is 1. The molecule has 1 aromatic carbocycles. The third-order valence-electron chi connectivity index (χ3n) is 1.77. The lowest BCUT2D eigenvalue weighted by Gasteiger charge is -2.06. The van der Waals surface area contributed by atoms with Crippen LogP contribution in [0.2, 0.25) is 0 Å². The Bertz CT molecular complexity index is 406. The van der Waals surface area contributed by atoms with Gasteiger partial charge in [-0.1, -0.05) is 0 Å². The van der Waals surface area contributed by atoms with Crippen LogP contribution in [-0.2, 0) is 9.59 Å². The number of amides is 2. The zero-order valence-corrected chi connectivity index (χ0v) is 8.00. The van der Waals surface area contributed by atoms with Gasteiger partial charge in [0.2, 0.25) is 0 Å². The van der Waals surface area contributed by atoms with E-state index in [4.69, 9.17) is 5.84 Å². The Balaban J connectivity index is 2.81. The molecule has 0 aromatic heterocycles. The fourth-order valence-corrected chi connectivity index (χ4v) is 1.01. The second-order valence-electron chi connectivity index (χ2n) is 2.89. The molecule has 15 heavy (non-hydrogen) atoms. The summed E-state index contributed by atoms with van der Waals surface area (Å²) < 4.78 is 12.7. The van der Waals surface area contributed by atoms with Crippen molar-refractivity contribution in [3.05, 3.63) is 29.6 Å². The normalized spacial score (nSPS) is 9.53. The van der Waals surface area contributed by atoms with Gasteiger partial charge in [0, 0.05) is 5.69 Å². The topological polar surface area (TPSA) is 84.2 Å². The molecule has 0 aliphatic rings. The van der Waals surface area contributed by atoms with Crippen LogP contribution in [0.5, 0.6) is 0 Å². The molecular formula is C9H10FN3O2. The molecule has 4 N–H and O–H groups in total. The van der Waals surface area contributed by atoms with Gasteiger partial charge in [0.25, 0.3) is 0 Å². The second kappa shape index (κ2) is 4.52. The Kier molecular flexibility index (Phi) is 3.35. The van der Waals surface area contributed by atoms with Crippen molar-refractivity contribution in [2.75, 3.05) is 5.32 Å². The van der Waals surface area contributed by atoms with E-state index in [1.54, 1.807) is 12.3 Å². The highest BCUT2D eigenvalue weighted by atomic mass is 19.1. The molecule has 0 radical (unpaired) electrons. The zero-order valence-electron chi connectivity index (χ0n) is 8.00. The van der Waals surface area contributed by atoms with E-state index in [2.05, 4.69) is 5.32 Å². The maximum atomic E-state index is 12.7. The first kappa shape index (κ1) is 11.1. The zero-order chi connectivity index (χ0) is 11.4. The van der Waals surface area contributed by atoms with Crippen LogP contribution in [0.15, 0.2) is 18.2 Å². The van der Waals surface area contributed by atoms with Crippen molar-refractivity contribution in [2.45, 2.75) is 6.92 Å². The number of hydrogen-bond donors (Lipinski definition) is 3. The quantitative estimate of drug-likeness (QED) is 0.266. The molecule has 1 rings (SSSR count). The van der Waals surface area contributed by atoms with Gasteiger partial charge in [-0.05, 0) is 30.7 Å². The summed E-state index contributed by atoms with van der Waals surface area (Å²) in [5.41, 5.74) is 2.58. The number of anilines is 1. The van der Waals surface area contributed by atoms with E-state index in [1.165, 1.54) is 18.2 Å². The molecule has 0 saturated carbocycles. The molecule has 5 nitrogen and oxygen atoms in total. The molecule has 0 spiro atoms. The number of rotatable bonds is 1. The number of hydrazine groups is 1. The molecular weight excluding hydrogens is 201 g/mol. The Labute approximate surface area is 85.4 Å². The Morgan fingerprint density at radius 2 is 2.00 bits per heavy atom. The molecule has 80 valence electrons. The van der Waals surface area contributed by atoms with Crippen LogP contribution in [-0.4, -0.2) is 11.8 Å². The van der Waals surface area contributed by atoms with E-state index in [1.807, 2.05) is 0 Å². The summed E-state index contributed by atoms with van der Waals surface area (Å²) >= 11 is 0. The third kappa shape index (κ3) is 2.75. The van der Waals surface area contributed by atoms with Crippen LogP contribution in [0, 0.1) is 12.7 Å². The van der Waals surface area contributed by atoms with Gasteiger partial charge in [-0.15, -0.1) is 0 Å². The summed E-state index contributed by atoms with van der Waals surface area (Å²) in [5.74, 6) is 2.50. The van der Waals surface area contributed by atoms with E-state index in [0.29, 0.717) is 11.3 Å². The first-order chi connectivity index (χ1) is 7.04. The molecule has 0 fully saturated rings. The van der Waals surface area contributed by atoms with E-state index >= 15 is 0 Å². The minimum Gasteiger partial charge on any atom is -0.317 e. The van der Waals surface area contributed by atoms with Crippen molar-refractivity contribution in [2.24, 2.45) is 5.84 Å². The van der Waals surface area contributed by atoms with Crippen molar-refractivity contribution in [3.8, 4) is 0 Å². The van der Waals surface area contributed by atoms with Gasteiger partial charge in [0.1, 0.15) is 5.82 Å². The monoisotopic (exact) mass is 211 g/mol. The molecule has 0 atom stereocenters. The summed E-state index contributed by atoms with van der Waals surface area (Å²) in [5, 5.41) is 2.29. The van der Waals surface area contributed by atoms with Crippen molar-refractivity contribution < 1.29 is 14.0 Å². The predicted octanol–water partition coefficient (Wildman–Crippen LogP) is 0.0625. The summed E-state index contributed by atoms with van der Waals surface area (Å²) in [6, 6.07) is 3.80. The van der Waals surface area contributed by atoms with Crippen LogP contribution in [0.3, 0.4) is 0 Å². The van der Waals surface area contributed by atoms with Crippen LogP contribution < -0.4 is 16.6 Å². The second-order valence-corrected chi connectivity index (χ2v) is 2.89. The van der Waals surface area contributed by atoms with E-state index < -0.39 is 17.6 Å². The highest BCUT2D eigenvalue weighted by Gasteiger charge is 2.12. The summed E-state index contributed by atoms with van der Waals surface area (Å²) in [4.78, 5) is 21.9. The van der Waals surface area contributed by atoms with Gasteiger partial charge in [0.15, 0.2) is 0 Å². The van der Waals surface area contributed by atoms with E-state index in [9.17, 15) is 14.0 Å². The van der Waals surface area contributed by atoms with Gasteiger partial charge in [-0.2, -0.15) is 0 Å². The van der Waals surface area contributed by atoms with Crippen molar-refractivity contribution >= 4 is 17.5 Å². The number of hydrogen-bond acceptors (Lipinski definition) is 3. The fourth-order valence-electron chi connectivity index (χ4n) is 1.01. The van der Waals surface area contributed by atoms with Crippen LogP contribution in [0.25, 0.3) is 0 Å². The Hall–Kier alpha value is -1.95. The SMILES string of the molecule is Cc1cc(F)ccc1NC(=O)C(=O)NN. The van der Waals surface area contributed by atoms with E-state index in [-0.39, 0.29) is 0 Å². The standard InChI is InChI=1S/C9H10FN3O2/c1-5-4-6(10)2-3-7(5)12-8(14)9(15)13-11/h2-4H,11H2,1H3,(H,12,14)(H,13,15). The maximum absolute atomic E-state index is 12.7. The first-order valence-electron chi connectivity index (χ1n) is 4.12. The number of nitrogens with two attached hydrogens (primary N) is 1. The number of nitrogens with one attached hydrogen (secondary N) is 2. The number of carbonyl (C=O) groups is 2. The summed E-state index contributed by atoms with van der Waals surface area (Å²) in [6.07, 6.45) is 0. The van der Waals surface area contributed by atoms with Gasteiger partial charge in [-0.3, -0.25) is 15.0 Å². The predicted molar refractivity (Wildman–Crippen MR) is 52.1 cm³/mol. The molecule has 0 saturated heterocycles. The molecule has 2 amide bonds. The summed E-state index contributed by atoms with van der Waals surface area (Å²) in [7, 11) is 0. The lowest BCUT2D eigenvalue weighted by atomic mass is 10.2. The van der Waals surface area contributed by atoms with Crippen molar-refractivity contribution in [1.82, 2.24) is 5.43 Å². The lowest BCUT2D eigenvalue weighted by Crippen LogP contribution is -2.39. The van der Waals surface area contributed by atoms with Gasteiger partial charge in [-0.25, -0.2) is 10.2 Å². The Morgan fingerprint density at radius 1 is 1.33 bits per heavy atom. The molecule has 0 heterocycles. The van der Waals surface area contributed by atoms with Gasteiger partial charge in [0.05, 0.1) is 0 Å². The number of halogens is 1. The number of carbonyl (C=O) groups excluding carboxylic acids is 2. The van der Waals surface area contributed by atoms with E-state index in [0.717, 1.165) is 0 Å². The molecule has 0 aliphatic heterocycles. The highest BCUT2D eigenvalue weighted by Crippen LogP contribution is 2.15. The smallest absolute Gasteiger partial charge is 0.317 e. The van der Waals surface area contributed by atoms with Gasteiger partial charge >= 0.3 is 11.8 Å². The molecule has 6 heteroatoms. The Morgan fingerprint density at radius 3 is 2.53 bits per heavy atom. The first-order valence-corrected chi connectivity index (χ1v) is 4.12. The highest BCUT2D eigenvalue weighted by molar-refractivity contribution is 6.39. The van der Waals surface area contributed by atoms with Crippen molar-refractivity contribution in [3.63, 3.8) is 0 Å². The largest absolute Gasteiger partial charge is 0.323 e. The minimum absolute atomic E-state index is 0.366. The number of aryl methyl sites for hydroxylation is 1. The van der Waals surface area contributed by atoms with Gasteiger partial charge < -0.3 is 5.32 Å². The van der Waals surface area contributed by atoms with Crippen molar-refractivity contribution in [1.29, 1.82) is 0 Å². The fraction of sp³-hybridized carbons (Fsp3) is 0.111. The van der Waals surface area contributed by atoms with Crippen LogP contribution >= 0.6 is 0 Å². The lowest BCUT2D eigenvalue weighted by molar-refractivity contribution is -0.136. The average molecular weight is 211 g/mol. The molecule has 0 bridgehead atoms. The van der Waals surface area contributed by atoms with Crippen LogP contribution in [0.4, 0.5) is 10.1 Å². The third-order valence-corrected chi connectivity index (χ3v) is 1.77. The summed E-state index contributed by atoms with van der Waals surface area (Å²) in [6.45, 7) is 1.61. The molecule has 0 aliphatic carbocycles.